The fourth-order valence-electron chi connectivity index (χ4n) is 5.57. The van der Waals surface area contributed by atoms with Crippen molar-refractivity contribution >= 4 is 23.1 Å². The van der Waals surface area contributed by atoms with E-state index in [4.69, 9.17) is 4.98 Å². The largest absolute Gasteiger partial charge is 0.349 e. The molecular formula is C29H30F2N6O. The molecule has 2 aromatic heterocycles. The Kier molecular flexibility index (Phi) is 6.76. The number of halogens is 2. The first-order chi connectivity index (χ1) is 18.5. The smallest absolute Gasteiger partial charge is 0.255 e. The van der Waals surface area contributed by atoms with Crippen LogP contribution in [0.3, 0.4) is 0 Å². The molecule has 0 bridgehead atoms. The van der Waals surface area contributed by atoms with E-state index in [1.807, 2.05) is 35.2 Å². The van der Waals surface area contributed by atoms with Gasteiger partial charge in [0.05, 0.1) is 12.2 Å². The minimum Gasteiger partial charge on any atom is -0.349 e. The molecule has 1 atom stereocenters. The molecule has 196 valence electrons. The number of carbonyl (C=O) groups is 1. The van der Waals surface area contributed by atoms with Crippen LogP contribution in [0.25, 0.3) is 5.65 Å². The highest BCUT2D eigenvalue weighted by molar-refractivity contribution is 6.06. The molecule has 9 heteroatoms. The van der Waals surface area contributed by atoms with Crippen molar-refractivity contribution in [3.63, 3.8) is 0 Å². The number of anilines is 2. The van der Waals surface area contributed by atoms with Crippen molar-refractivity contribution in [1.29, 1.82) is 0 Å². The van der Waals surface area contributed by atoms with Crippen molar-refractivity contribution in [2.24, 2.45) is 0 Å². The van der Waals surface area contributed by atoms with Crippen LogP contribution in [0.2, 0.25) is 0 Å². The monoisotopic (exact) mass is 516 g/mol. The highest BCUT2D eigenvalue weighted by Gasteiger charge is 2.30. The molecule has 6 rings (SSSR count). The fourth-order valence-corrected chi connectivity index (χ4v) is 5.57. The highest BCUT2D eigenvalue weighted by atomic mass is 19.1. The second kappa shape index (κ2) is 10.5. The first-order valence-corrected chi connectivity index (χ1v) is 13.2. The number of amides is 1. The predicted molar refractivity (Wildman–Crippen MR) is 142 cm³/mol. The molecule has 7 nitrogen and oxygen atoms in total. The van der Waals surface area contributed by atoms with Crippen LogP contribution in [0, 0.1) is 11.6 Å². The number of aromatic nitrogens is 3. The van der Waals surface area contributed by atoms with Crippen LogP contribution in [-0.2, 0) is 6.54 Å². The Bertz CT molecular complexity index is 1450. The standard InChI is InChI=1S/C29H30F2N6O/c30-22-10-11-24(31)23(17-22)26-5-4-15-36(26)27-12-16-37-28(34-27)25(18-32-37)33-29(38)21-8-6-20(7-9-21)19-35-13-2-1-3-14-35/h6-12,16-18,26H,1-5,13-15,19H2,(H,33,38)/t26-/m1/s1. The van der Waals surface area contributed by atoms with Crippen LogP contribution in [-0.4, -0.2) is 45.0 Å². The first kappa shape index (κ1) is 24.5. The van der Waals surface area contributed by atoms with Crippen molar-refractivity contribution in [2.75, 3.05) is 29.9 Å². The van der Waals surface area contributed by atoms with E-state index >= 15 is 0 Å². The van der Waals surface area contributed by atoms with Gasteiger partial charge in [0.15, 0.2) is 5.65 Å². The Balaban J connectivity index is 1.20. The molecule has 2 saturated heterocycles. The molecule has 2 aliphatic heterocycles. The van der Waals surface area contributed by atoms with Crippen LogP contribution in [0.5, 0.6) is 0 Å². The molecular weight excluding hydrogens is 486 g/mol. The summed E-state index contributed by atoms with van der Waals surface area (Å²) in [5.74, 6) is -0.500. The topological polar surface area (TPSA) is 65.8 Å². The second-order valence-electron chi connectivity index (χ2n) is 10.1. The zero-order valence-electron chi connectivity index (χ0n) is 21.1. The van der Waals surface area contributed by atoms with E-state index in [-0.39, 0.29) is 11.9 Å². The number of benzene rings is 2. The van der Waals surface area contributed by atoms with Gasteiger partial charge in [0.1, 0.15) is 23.1 Å². The maximum atomic E-state index is 14.5. The van der Waals surface area contributed by atoms with Gasteiger partial charge in [-0.05, 0) is 80.7 Å². The van der Waals surface area contributed by atoms with Crippen molar-refractivity contribution in [1.82, 2.24) is 19.5 Å². The van der Waals surface area contributed by atoms with E-state index in [2.05, 4.69) is 15.3 Å². The number of hydrogen-bond donors (Lipinski definition) is 1. The number of rotatable bonds is 6. The van der Waals surface area contributed by atoms with Crippen molar-refractivity contribution < 1.29 is 13.6 Å². The lowest BCUT2D eigenvalue weighted by Crippen LogP contribution is -2.29. The third-order valence-corrected chi connectivity index (χ3v) is 7.54. The third kappa shape index (κ3) is 4.98. The number of hydrogen-bond acceptors (Lipinski definition) is 5. The van der Waals surface area contributed by atoms with Crippen LogP contribution < -0.4 is 10.2 Å². The Hall–Kier alpha value is -3.85. The van der Waals surface area contributed by atoms with E-state index in [1.54, 1.807) is 16.9 Å². The van der Waals surface area contributed by atoms with Gasteiger partial charge in [-0.3, -0.25) is 9.69 Å². The summed E-state index contributed by atoms with van der Waals surface area (Å²) in [5.41, 5.74) is 3.06. The summed E-state index contributed by atoms with van der Waals surface area (Å²) >= 11 is 0. The van der Waals surface area contributed by atoms with Crippen LogP contribution in [0.1, 0.15) is 59.6 Å². The fraction of sp³-hybridized carbons (Fsp3) is 0.345. The van der Waals surface area contributed by atoms with Gasteiger partial charge >= 0.3 is 0 Å². The van der Waals surface area contributed by atoms with E-state index in [0.717, 1.165) is 32.1 Å². The average molecular weight is 517 g/mol. The lowest BCUT2D eigenvalue weighted by atomic mass is 10.0. The summed E-state index contributed by atoms with van der Waals surface area (Å²) < 4.78 is 30.0. The minimum absolute atomic E-state index is 0.238. The quantitative estimate of drug-likeness (QED) is 0.362. The lowest BCUT2D eigenvalue weighted by Gasteiger charge is -2.26. The Morgan fingerprint density at radius 1 is 0.974 bits per heavy atom. The van der Waals surface area contributed by atoms with Crippen molar-refractivity contribution in [3.8, 4) is 0 Å². The molecule has 0 radical (unpaired) electrons. The molecule has 4 aromatic rings. The molecule has 38 heavy (non-hydrogen) atoms. The average Bonchev–Trinajstić information content (AvgIpc) is 3.58. The molecule has 2 fully saturated rings. The van der Waals surface area contributed by atoms with Crippen LogP contribution in [0.4, 0.5) is 20.3 Å². The number of carbonyl (C=O) groups excluding carboxylic acids is 1. The van der Waals surface area contributed by atoms with E-state index < -0.39 is 11.6 Å². The van der Waals surface area contributed by atoms with Crippen molar-refractivity contribution in [2.45, 2.75) is 44.7 Å². The summed E-state index contributed by atoms with van der Waals surface area (Å²) in [6.45, 7) is 3.83. The normalized spacial score (nSPS) is 18.3. The molecule has 1 amide bonds. The Morgan fingerprint density at radius 2 is 1.79 bits per heavy atom. The molecule has 4 heterocycles. The summed E-state index contributed by atoms with van der Waals surface area (Å²) in [6.07, 6.45) is 8.67. The first-order valence-electron chi connectivity index (χ1n) is 13.2. The Morgan fingerprint density at radius 3 is 2.61 bits per heavy atom. The lowest BCUT2D eigenvalue weighted by molar-refractivity contribution is 0.102. The zero-order valence-corrected chi connectivity index (χ0v) is 21.1. The maximum Gasteiger partial charge on any atom is 0.255 e. The molecule has 2 aromatic carbocycles. The van der Waals surface area contributed by atoms with Crippen LogP contribution in [0.15, 0.2) is 60.9 Å². The minimum atomic E-state index is -0.461. The van der Waals surface area contributed by atoms with Gasteiger partial charge < -0.3 is 10.2 Å². The zero-order chi connectivity index (χ0) is 26.1. The molecule has 1 N–H and O–H groups in total. The summed E-state index contributed by atoms with van der Waals surface area (Å²) in [6, 6.07) is 12.8. The number of piperidine rings is 1. The summed E-state index contributed by atoms with van der Waals surface area (Å²) in [5, 5.41) is 7.26. The van der Waals surface area contributed by atoms with E-state index in [9.17, 15) is 13.6 Å². The number of likely N-dealkylation sites (tertiary alicyclic amines) is 1. The predicted octanol–water partition coefficient (Wildman–Crippen LogP) is 5.59. The summed E-state index contributed by atoms with van der Waals surface area (Å²) in [4.78, 5) is 22.2. The van der Waals surface area contributed by atoms with Gasteiger partial charge in [-0.25, -0.2) is 18.3 Å². The number of nitrogens with one attached hydrogen (secondary N) is 1. The van der Waals surface area contributed by atoms with Gasteiger partial charge in [-0.2, -0.15) is 5.10 Å². The molecule has 0 unspecified atom stereocenters. The van der Waals surface area contributed by atoms with E-state index in [0.29, 0.717) is 41.2 Å². The van der Waals surface area contributed by atoms with Gasteiger partial charge in [0.2, 0.25) is 0 Å². The number of nitrogens with zero attached hydrogens (tertiary/aromatic N) is 5. The van der Waals surface area contributed by atoms with E-state index in [1.165, 1.54) is 37.0 Å². The molecule has 2 aliphatic rings. The molecule has 0 aliphatic carbocycles. The van der Waals surface area contributed by atoms with Gasteiger partial charge in [-0.1, -0.05) is 18.6 Å². The SMILES string of the molecule is O=C(Nc1cnn2ccc(N3CCC[C@@H]3c3cc(F)ccc3F)nc12)c1ccc(CN2CCCCC2)cc1. The second-order valence-corrected chi connectivity index (χ2v) is 10.1. The molecule has 0 saturated carbocycles. The highest BCUT2D eigenvalue weighted by Crippen LogP contribution is 2.37. The van der Waals surface area contributed by atoms with Gasteiger partial charge in [0.25, 0.3) is 5.91 Å². The van der Waals surface area contributed by atoms with Crippen molar-refractivity contribution in [3.05, 3.63) is 89.2 Å². The molecule has 0 spiro atoms. The van der Waals surface area contributed by atoms with Crippen LogP contribution >= 0.6 is 0 Å². The summed E-state index contributed by atoms with van der Waals surface area (Å²) in [7, 11) is 0. The number of fused-ring (bicyclic) bond motifs is 1. The third-order valence-electron chi connectivity index (χ3n) is 7.54. The maximum absolute atomic E-state index is 14.5. The van der Waals surface area contributed by atoms with Gasteiger partial charge in [-0.15, -0.1) is 0 Å². The van der Waals surface area contributed by atoms with Gasteiger partial charge in [0, 0.05) is 30.4 Å². The Labute approximate surface area is 220 Å².